The second kappa shape index (κ2) is 7.19. The van der Waals surface area contributed by atoms with E-state index in [2.05, 4.69) is 27.3 Å². The molecule has 2 heterocycles. The van der Waals surface area contributed by atoms with Gasteiger partial charge in [0.05, 0.1) is 0 Å². The first-order valence-electron chi connectivity index (χ1n) is 8.28. The van der Waals surface area contributed by atoms with E-state index in [4.69, 9.17) is 0 Å². The summed E-state index contributed by atoms with van der Waals surface area (Å²) in [7, 11) is 0. The maximum Gasteiger partial charge on any atom is 0.0488 e. The number of nitrogens with one attached hydrogen (secondary N) is 1. The molecule has 0 amide bonds. The molecule has 0 spiro atoms. The van der Waals surface area contributed by atoms with Crippen LogP contribution in [0.5, 0.6) is 0 Å². The molecule has 2 aliphatic rings. The Bertz CT molecular complexity index is 384. The number of aromatic nitrogens is 1. The topological polar surface area (TPSA) is 28.2 Å². The lowest BCUT2D eigenvalue weighted by molar-refractivity contribution is 0.131. The fourth-order valence-corrected chi connectivity index (χ4v) is 3.74. The fourth-order valence-electron chi connectivity index (χ4n) is 3.74. The number of piperazine rings is 1. The highest BCUT2D eigenvalue weighted by Gasteiger charge is 2.26. The van der Waals surface area contributed by atoms with Gasteiger partial charge < -0.3 is 5.32 Å². The van der Waals surface area contributed by atoms with Crippen molar-refractivity contribution in [3.8, 4) is 0 Å². The van der Waals surface area contributed by atoms with E-state index in [1.54, 1.807) is 0 Å². The van der Waals surface area contributed by atoms with E-state index >= 15 is 0 Å². The first-order valence-corrected chi connectivity index (χ1v) is 8.28. The number of pyridine rings is 1. The van der Waals surface area contributed by atoms with Crippen molar-refractivity contribution in [3.05, 3.63) is 30.1 Å². The Morgan fingerprint density at radius 2 is 2.05 bits per heavy atom. The second-order valence-electron chi connectivity index (χ2n) is 6.36. The summed E-state index contributed by atoms with van der Waals surface area (Å²) in [6.07, 6.45) is 12.6. The number of hydrogen-bond donors (Lipinski definition) is 1. The number of hydrogen-bond acceptors (Lipinski definition) is 3. The van der Waals surface area contributed by atoms with Gasteiger partial charge in [-0.05, 0) is 30.4 Å². The van der Waals surface area contributed by atoms with Gasteiger partial charge in [-0.3, -0.25) is 9.88 Å². The minimum atomic E-state index is 0.515. The van der Waals surface area contributed by atoms with Crippen molar-refractivity contribution in [3.63, 3.8) is 0 Å². The van der Waals surface area contributed by atoms with Gasteiger partial charge in [-0.1, -0.05) is 31.7 Å². The highest BCUT2D eigenvalue weighted by atomic mass is 15.2. The van der Waals surface area contributed by atoms with E-state index in [1.807, 2.05) is 12.4 Å². The smallest absolute Gasteiger partial charge is 0.0488 e. The second-order valence-corrected chi connectivity index (χ2v) is 6.36. The van der Waals surface area contributed by atoms with Gasteiger partial charge in [-0.15, -0.1) is 0 Å². The molecule has 1 saturated heterocycles. The van der Waals surface area contributed by atoms with Crippen LogP contribution in [0.4, 0.5) is 0 Å². The van der Waals surface area contributed by atoms with Gasteiger partial charge in [0.1, 0.15) is 0 Å². The Morgan fingerprint density at radius 3 is 2.80 bits per heavy atom. The monoisotopic (exact) mass is 273 g/mol. The minimum absolute atomic E-state index is 0.515. The fraction of sp³-hybridized carbons (Fsp3) is 0.706. The van der Waals surface area contributed by atoms with Crippen LogP contribution in [0.1, 0.15) is 50.1 Å². The zero-order chi connectivity index (χ0) is 13.6. The summed E-state index contributed by atoms with van der Waals surface area (Å²) in [5.74, 6) is 0.912. The van der Waals surface area contributed by atoms with Crippen molar-refractivity contribution in [2.24, 2.45) is 5.92 Å². The Labute approximate surface area is 122 Å². The van der Waals surface area contributed by atoms with Crippen molar-refractivity contribution in [1.82, 2.24) is 15.2 Å². The average molecular weight is 273 g/mol. The van der Waals surface area contributed by atoms with Gasteiger partial charge in [0.25, 0.3) is 0 Å². The van der Waals surface area contributed by atoms with Crippen molar-refractivity contribution in [1.29, 1.82) is 0 Å². The molecule has 110 valence electrons. The highest BCUT2D eigenvalue weighted by molar-refractivity contribution is 5.15. The molecule has 2 fully saturated rings. The summed E-state index contributed by atoms with van der Waals surface area (Å²) in [5.41, 5.74) is 1.37. The van der Waals surface area contributed by atoms with Crippen molar-refractivity contribution >= 4 is 0 Å². The molecule has 1 saturated carbocycles. The molecule has 1 N–H and O–H groups in total. The molecule has 3 nitrogen and oxygen atoms in total. The summed E-state index contributed by atoms with van der Waals surface area (Å²) in [6.45, 7) is 4.65. The number of nitrogens with zero attached hydrogens (tertiary/aromatic N) is 2. The summed E-state index contributed by atoms with van der Waals surface area (Å²) in [6, 6.07) is 4.80. The first kappa shape index (κ1) is 14.0. The van der Waals surface area contributed by atoms with Gasteiger partial charge in [0.15, 0.2) is 0 Å². The third kappa shape index (κ3) is 3.58. The largest absolute Gasteiger partial charge is 0.314 e. The first-order chi connectivity index (χ1) is 9.93. The lowest BCUT2D eigenvalue weighted by Crippen LogP contribution is -2.47. The van der Waals surface area contributed by atoms with Crippen LogP contribution >= 0.6 is 0 Å². The van der Waals surface area contributed by atoms with Crippen LogP contribution in [0.3, 0.4) is 0 Å². The Balaban J connectivity index is 1.66. The van der Waals surface area contributed by atoms with E-state index in [0.29, 0.717) is 6.04 Å². The SMILES string of the molecule is c1cncc(C2CNCCN2CC2CCCCCC2)c1. The van der Waals surface area contributed by atoms with Crippen LogP contribution in [0, 0.1) is 5.92 Å². The van der Waals surface area contributed by atoms with Crippen LogP contribution in [0.25, 0.3) is 0 Å². The number of rotatable bonds is 3. The zero-order valence-corrected chi connectivity index (χ0v) is 12.4. The van der Waals surface area contributed by atoms with Crippen LogP contribution < -0.4 is 5.32 Å². The predicted octanol–water partition coefficient (Wildman–Crippen LogP) is 3.00. The lowest BCUT2D eigenvalue weighted by Gasteiger charge is -2.38. The van der Waals surface area contributed by atoms with E-state index in [-0.39, 0.29) is 0 Å². The lowest BCUT2D eigenvalue weighted by atomic mass is 9.97. The van der Waals surface area contributed by atoms with Gasteiger partial charge in [0.2, 0.25) is 0 Å². The Kier molecular flexibility index (Phi) is 5.04. The quantitative estimate of drug-likeness (QED) is 0.858. The van der Waals surface area contributed by atoms with Gasteiger partial charge >= 0.3 is 0 Å². The van der Waals surface area contributed by atoms with E-state index in [1.165, 1.54) is 57.2 Å². The van der Waals surface area contributed by atoms with Crippen LogP contribution in [0.15, 0.2) is 24.5 Å². The molecule has 0 aromatic carbocycles. The molecule has 1 unspecified atom stereocenters. The Morgan fingerprint density at radius 1 is 1.20 bits per heavy atom. The average Bonchev–Trinajstić information content (AvgIpc) is 2.77. The van der Waals surface area contributed by atoms with Gasteiger partial charge in [-0.2, -0.15) is 0 Å². The minimum Gasteiger partial charge on any atom is -0.314 e. The molecule has 1 atom stereocenters. The van der Waals surface area contributed by atoms with E-state index < -0.39 is 0 Å². The molecule has 0 bridgehead atoms. The Hall–Kier alpha value is -0.930. The van der Waals surface area contributed by atoms with Crippen LogP contribution in [0.2, 0.25) is 0 Å². The summed E-state index contributed by atoms with van der Waals surface area (Å²) < 4.78 is 0. The summed E-state index contributed by atoms with van der Waals surface area (Å²) in [4.78, 5) is 7.00. The molecule has 1 aromatic heterocycles. The normalized spacial score (nSPS) is 26.3. The maximum atomic E-state index is 4.30. The molecule has 1 aliphatic carbocycles. The van der Waals surface area contributed by atoms with Crippen LogP contribution in [-0.4, -0.2) is 36.1 Å². The summed E-state index contributed by atoms with van der Waals surface area (Å²) >= 11 is 0. The molecule has 3 heteroatoms. The highest BCUT2D eigenvalue weighted by Crippen LogP contribution is 2.28. The third-order valence-corrected chi connectivity index (χ3v) is 4.89. The third-order valence-electron chi connectivity index (χ3n) is 4.89. The standard InChI is InChI=1S/C17H27N3/c1-2-4-7-15(6-3-1)14-20-11-10-19-13-17(20)16-8-5-9-18-12-16/h5,8-9,12,15,17,19H,1-4,6-7,10-11,13-14H2. The molecule has 0 radical (unpaired) electrons. The summed E-state index contributed by atoms with van der Waals surface area (Å²) in [5, 5.41) is 3.54. The maximum absolute atomic E-state index is 4.30. The molecule has 1 aromatic rings. The molecular weight excluding hydrogens is 246 g/mol. The molecule has 20 heavy (non-hydrogen) atoms. The van der Waals surface area contributed by atoms with E-state index in [9.17, 15) is 0 Å². The van der Waals surface area contributed by atoms with Crippen LogP contribution in [-0.2, 0) is 0 Å². The molecule has 1 aliphatic heterocycles. The van der Waals surface area contributed by atoms with Gasteiger partial charge in [-0.25, -0.2) is 0 Å². The van der Waals surface area contributed by atoms with Crippen molar-refractivity contribution in [2.45, 2.75) is 44.6 Å². The van der Waals surface area contributed by atoms with Gasteiger partial charge in [0, 0.05) is 44.6 Å². The predicted molar refractivity (Wildman–Crippen MR) is 82.6 cm³/mol. The molecular formula is C17H27N3. The zero-order valence-electron chi connectivity index (χ0n) is 12.4. The van der Waals surface area contributed by atoms with Crippen molar-refractivity contribution < 1.29 is 0 Å². The molecule has 3 rings (SSSR count). The van der Waals surface area contributed by atoms with E-state index in [0.717, 1.165) is 19.0 Å². The van der Waals surface area contributed by atoms with Crippen molar-refractivity contribution in [2.75, 3.05) is 26.2 Å².